The second-order valence-corrected chi connectivity index (χ2v) is 3.33. The van der Waals surface area contributed by atoms with E-state index in [9.17, 15) is 0 Å². The molecule has 0 fully saturated rings. The molecule has 4 N–H and O–H groups in total. The van der Waals surface area contributed by atoms with E-state index in [1.165, 1.54) is 0 Å². The summed E-state index contributed by atoms with van der Waals surface area (Å²) in [4.78, 5) is 6.02. The number of aromatic nitrogens is 1. The summed E-state index contributed by atoms with van der Waals surface area (Å²) in [6.45, 7) is 1.87. The Morgan fingerprint density at radius 1 is 1.40 bits per heavy atom. The number of aliphatic hydroxyl groups is 2. The number of nitrogens with zero attached hydrogens (tertiary/aromatic N) is 2. The molecule has 0 aromatic carbocycles. The van der Waals surface area contributed by atoms with Crippen molar-refractivity contribution in [2.45, 2.75) is 12.8 Å². The third-order valence-corrected chi connectivity index (χ3v) is 1.98. The van der Waals surface area contributed by atoms with Gasteiger partial charge in [-0.3, -0.25) is 9.88 Å². The number of hydrogen-bond acceptors (Lipinski definition) is 5. The lowest BCUT2D eigenvalue weighted by Crippen LogP contribution is -2.35. The van der Waals surface area contributed by atoms with Crippen LogP contribution in [0.3, 0.4) is 0 Å². The SMILES string of the molecule is NCCN(Cc1ccccn1)CC(O)O. The molecule has 15 heavy (non-hydrogen) atoms. The molecule has 84 valence electrons. The normalized spacial score (nSPS) is 11.3. The summed E-state index contributed by atoms with van der Waals surface area (Å²) in [6, 6.07) is 5.64. The summed E-state index contributed by atoms with van der Waals surface area (Å²) in [7, 11) is 0. The molecule has 5 nitrogen and oxygen atoms in total. The monoisotopic (exact) mass is 211 g/mol. The molecule has 0 bridgehead atoms. The van der Waals surface area contributed by atoms with E-state index >= 15 is 0 Å². The third-order valence-electron chi connectivity index (χ3n) is 1.98. The highest BCUT2D eigenvalue weighted by atomic mass is 16.5. The van der Waals surface area contributed by atoms with Crippen LogP contribution in [0.5, 0.6) is 0 Å². The Balaban J connectivity index is 2.50. The standard InChI is InChI=1S/C10H17N3O2/c11-4-6-13(8-10(14)15)7-9-3-1-2-5-12-9/h1-3,5,10,14-15H,4,6-8,11H2. The molecule has 0 amide bonds. The summed E-state index contributed by atoms with van der Waals surface area (Å²) in [5.41, 5.74) is 6.33. The van der Waals surface area contributed by atoms with Crippen LogP contribution in [0.4, 0.5) is 0 Å². The lowest BCUT2D eigenvalue weighted by atomic mass is 10.3. The van der Waals surface area contributed by atoms with E-state index in [4.69, 9.17) is 15.9 Å². The van der Waals surface area contributed by atoms with Crippen molar-refractivity contribution >= 4 is 0 Å². The Hall–Kier alpha value is -1.01. The molecule has 1 aromatic heterocycles. The minimum absolute atomic E-state index is 0.188. The molecule has 0 spiro atoms. The Bertz CT molecular complexity index is 267. The van der Waals surface area contributed by atoms with Gasteiger partial charge in [-0.2, -0.15) is 0 Å². The quantitative estimate of drug-likeness (QED) is 0.534. The van der Waals surface area contributed by atoms with Crippen molar-refractivity contribution in [2.75, 3.05) is 19.6 Å². The summed E-state index contributed by atoms with van der Waals surface area (Å²) in [6.07, 6.45) is 0.381. The van der Waals surface area contributed by atoms with Crippen LogP contribution in [-0.4, -0.2) is 46.0 Å². The lowest BCUT2D eigenvalue weighted by Gasteiger charge is -2.21. The van der Waals surface area contributed by atoms with Crippen LogP contribution >= 0.6 is 0 Å². The molecule has 0 saturated heterocycles. The van der Waals surface area contributed by atoms with E-state index in [1.807, 2.05) is 23.1 Å². The van der Waals surface area contributed by atoms with E-state index in [0.29, 0.717) is 19.6 Å². The van der Waals surface area contributed by atoms with Crippen molar-refractivity contribution in [3.8, 4) is 0 Å². The topological polar surface area (TPSA) is 82.6 Å². The molecule has 1 aromatic rings. The first-order chi connectivity index (χ1) is 7.22. The van der Waals surface area contributed by atoms with Gasteiger partial charge in [-0.15, -0.1) is 0 Å². The zero-order valence-electron chi connectivity index (χ0n) is 8.58. The predicted octanol–water partition coefficient (Wildman–Crippen LogP) is -0.847. The molecular weight excluding hydrogens is 194 g/mol. The summed E-state index contributed by atoms with van der Waals surface area (Å²) in [5, 5.41) is 17.8. The van der Waals surface area contributed by atoms with Gasteiger partial charge in [-0.05, 0) is 12.1 Å². The highest BCUT2D eigenvalue weighted by Crippen LogP contribution is 2.00. The molecule has 0 aliphatic carbocycles. The predicted molar refractivity (Wildman–Crippen MR) is 56.8 cm³/mol. The van der Waals surface area contributed by atoms with Gasteiger partial charge in [0.05, 0.1) is 5.69 Å². The Kier molecular flexibility index (Phi) is 5.20. The van der Waals surface area contributed by atoms with Gasteiger partial charge in [-0.25, -0.2) is 0 Å². The summed E-state index contributed by atoms with van der Waals surface area (Å²) >= 11 is 0. The first kappa shape index (κ1) is 12.1. The van der Waals surface area contributed by atoms with Crippen LogP contribution in [0, 0.1) is 0 Å². The maximum Gasteiger partial charge on any atom is 0.164 e. The summed E-state index contributed by atoms with van der Waals surface area (Å²) in [5.74, 6) is 0. The smallest absolute Gasteiger partial charge is 0.164 e. The van der Waals surface area contributed by atoms with Gasteiger partial charge in [0.25, 0.3) is 0 Å². The molecular formula is C10H17N3O2. The second-order valence-electron chi connectivity index (χ2n) is 3.33. The van der Waals surface area contributed by atoms with Gasteiger partial charge in [0.1, 0.15) is 0 Å². The third kappa shape index (κ3) is 4.85. The molecule has 0 saturated carbocycles. The van der Waals surface area contributed by atoms with Crippen molar-refractivity contribution < 1.29 is 10.2 Å². The first-order valence-electron chi connectivity index (χ1n) is 4.91. The zero-order valence-corrected chi connectivity index (χ0v) is 8.58. The van der Waals surface area contributed by atoms with Crippen LogP contribution in [0.2, 0.25) is 0 Å². The number of nitrogens with two attached hydrogens (primary N) is 1. The van der Waals surface area contributed by atoms with Crippen LogP contribution in [0.1, 0.15) is 5.69 Å². The van der Waals surface area contributed by atoms with Crippen LogP contribution in [0.15, 0.2) is 24.4 Å². The maximum atomic E-state index is 8.88. The van der Waals surface area contributed by atoms with Gasteiger partial charge >= 0.3 is 0 Å². The molecule has 0 radical (unpaired) electrons. The largest absolute Gasteiger partial charge is 0.367 e. The van der Waals surface area contributed by atoms with Crippen molar-refractivity contribution in [1.29, 1.82) is 0 Å². The molecule has 0 aliphatic heterocycles. The molecule has 0 atom stereocenters. The Labute approximate surface area is 89.2 Å². The summed E-state index contributed by atoms with van der Waals surface area (Å²) < 4.78 is 0. The van der Waals surface area contributed by atoms with Gasteiger partial charge in [0.2, 0.25) is 0 Å². The van der Waals surface area contributed by atoms with Gasteiger partial charge in [0.15, 0.2) is 6.29 Å². The highest BCUT2D eigenvalue weighted by molar-refractivity contribution is 5.03. The molecule has 1 rings (SSSR count). The van der Waals surface area contributed by atoms with E-state index in [1.54, 1.807) is 6.20 Å². The van der Waals surface area contributed by atoms with Crippen LogP contribution < -0.4 is 5.73 Å². The van der Waals surface area contributed by atoms with Gasteiger partial charge in [0, 0.05) is 32.4 Å². The average Bonchev–Trinajstić information content (AvgIpc) is 2.18. The van der Waals surface area contributed by atoms with E-state index < -0.39 is 6.29 Å². The zero-order chi connectivity index (χ0) is 11.1. The second kappa shape index (κ2) is 6.47. The number of hydrogen-bond donors (Lipinski definition) is 3. The fraction of sp³-hybridized carbons (Fsp3) is 0.500. The molecule has 5 heteroatoms. The van der Waals surface area contributed by atoms with Gasteiger partial charge < -0.3 is 15.9 Å². The van der Waals surface area contributed by atoms with E-state index in [0.717, 1.165) is 5.69 Å². The van der Waals surface area contributed by atoms with Gasteiger partial charge in [-0.1, -0.05) is 6.07 Å². The highest BCUT2D eigenvalue weighted by Gasteiger charge is 2.09. The minimum atomic E-state index is -1.33. The van der Waals surface area contributed by atoms with Crippen molar-refractivity contribution in [2.24, 2.45) is 5.73 Å². The Morgan fingerprint density at radius 2 is 2.20 bits per heavy atom. The average molecular weight is 211 g/mol. The van der Waals surface area contributed by atoms with E-state index in [-0.39, 0.29) is 6.54 Å². The van der Waals surface area contributed by atoms with Crippen LogP contribution in [0.25, 0.3) is 0 Å². The first-order valence-corrected chi connectivity index (χ1v) is 4.91. The molecule has 0 aliphatic rings. The molecule has 0 unspecified atom stereocenters. The van der Waals surface area contributed by atoms with Crippen molar-refractivity contribution in [3.05, 3.63) is 30.1 Å². The molecule has 1 heterocycles. The lowest BCUT2D eigenvalue weighted by molar-refractivity contribution is -0.0622. The maximum absolute atomic E-state index is 8.88. The fourth-order valence-electron chi connectivity index (χ4n) is 1.37. The minimum Gasteiger partial charge on any atom is -0.367 e. The number of rotatable bonds is 6. The Morgan fingerprint density at radius 3 is 2.73 bits per heavy atom. The van der Waals surface area contributed by atoms with E-state index in [2.05, 4.69) is 4.98 Å². The fourth-order valence-corrected chi connectivity index (χ4v) is 1.37. The van der Waals surface area contributed by atoms with Crippen LogP contribution in [-0.2, 0) is 6.54 Å². The van der Waals surface area contributed by atoms with Crippen molar-refractivity contribution in [1.82, 2.24) is 9.88 Å². The number of aliphatic hydroxyl groups excluding tert-OH is 1. The van der Waals surface area contributed by atoms with Crippen molar-refractivity contribution in [3.63, 3.8) is 0 Å². The number of pyridine rings is 1.